The smallest absolute Gasteiger partial charge is 0.370 e. The summed E-state index contributed by atoms with van der Waals surface area (Å²) in [5.74, 6) is 0.152. The summed E-state index contributed by atoms with van der Waals surface area (Å²) in [6.45, 7) is 6.72. The van der Waals surface area contributed by atoms with E-state index in [2.05, 4.69) is 31.1 Å². The lowest BCUT2D eigenvalue weighted by molar-refractivity contribution is -0.137. The summed E-state index contributed by atoms with van der Waals surface area (Å²) in [7, 11) is 0. The van der Waals surface area contributed by atoms with Gasteiger partial charge in [0.2, 0.25) is 0 Å². The molecule has 0 amide bonds. The molecule has 0 aliphatic heterocycles. The summed E-state index contributed by atoms with van der Waals surface area (Å²) in [5.41, 5.74) is -0.681. The Kier molecular flexibility index (Phi) is 4.48. The molecule has 0 aliphatic carbocycles. The molecule has 2 nitrogen and oxygen atoms in total. The van der Waals surface area contributed by atoms with E-state index >= 15 is 0 Å². The van der Waals surface area contributed by atoms with Crippen LogP contribution in [0.5, 0.6) is 0 Å². The van der Waals surface area contributed by atoms with Crippen LogP contribution in [0.4, 0.5) is 19.0 Å². The zero-order valence-corrected chi connectivity index (χ0v) is 11.3. The van der Waals surface area contributed by atoms with E-state index in [0.717, 1.165) is 18.6 Å². The van der Waals surface area contributed by atoms with Crippen LogP contribution in [0.1, 0.15) is 32.8 Å². The number of rotatable bonds is 3. The van der Waals surface area contributed by atoms with Crippen molar-refractivity contribution in [3.05, 3.63) is 22.8 Å². The van der Waals surface area contributed by atoms with Crippen molar-refractivity contribution in [2.45, 2.75) is 33.4 Å². The van der Waals surface area contributed by atoms with Crippen molar-refractivity contribution in [3.8, 4) is 0 Å². The van der Waals surface area contributed by atoms with Crippen molar-refractivity contribution >= 4 is 17.4 Å². The Morgan fingerprint density at radius 2 is 1.83 bits per heavy atom. The maximum Gasteiger partial charge on any atom is 0.416 e. The fourth-order valence-corrected chi connectivity index (χ4v) is 1.53. The molecule has 102 valence electrons. The first-order valence-electron chi connectivity index (χ1n) is 5.56. The van der Waals surface area contributed by atoms with Crippen LogP contribution in [0.2, 0.25) is 5.15 Å². The first-order valence-corrected chi connectivity index (χ1v) is 5.94. The van der Waals surface area contributed by atoms with Crippen LogP contribution in [0.3, 0.4) is 0 Å². The van der Waals surface area contributed by atoms with Gasteiger partial charge in [0.25, 0.3) is 0 Å². The Labute approximate surface area is 110 Å². The van der Waals surface area contributed by atoms with Crippen molar-refractivity contribution in [2.75, 3.05) is 11.9 Å². The van der Waals surface area contributed by atoms with Crippen molar-refractivity contribution in [3.63, 3.8) is 0 Å². The molecule has 0 unspecified atom stereocenters. The van der Waals surface area contributed by atoms with Crippen LogP contribution in [0.15, 0.2) is 12.1 Å². The highest BCUT2D eigenvalue weighted by Gasteiger charge is 2.31. The second-order valence-electron chi connectivity index (χ2n) is 5.30. The van der Waals surface area contributed by atoms with Gasteiger partial charge in [0.05, 0.1) is 5.56 Å². The summed E-state index contributed by atoms with van der Waals surface area (Å²) in [6.07, 6.45) is -3.59. The third-order valence-electron chi connectivity index (χ3n) is 2.30. The van der Waals surface area contributed by atoms with Gasteiger partial charge in [0.15, 0.2) is 0 Å². The van der Waals surface area contributed by atoms with Crippen LogP contribution in [0.25, 0.3) is 0 Å². The SMILES string of the molecule is CC(C)(C)CCNc1cc(C(F)(F)F)cc(Cl)n1. The average molecular weight is 281 g/mol. The molecular formula is C12H16ClF3N2. The Morgan fingerprint density at radius 1 is 1.22 bits per heavy atom. The molecule has 1 aromatic heterocycles. The van der Waals surface area contributed by atoms with Crippen molar-refractivity contribution < 1.29 is 13.2 Å². The van der Waals surface area contributed by atoms with Crippen LogP contribution < -0.4 is 5.32 Å². The molecule has 0 radical (unpaired) electrons. The van der Waals surface area contributed by atoms with Gasteiger partial charge in [0, 0.05) is 6.54 Å². The lowest BCUT2D eigenvalue weighted by Crippen LogP contribution is -2.14. The Bertz CT molecular complexity index is 411. The molecule has 0 fully saturated rings. The standard InChI is InChI=1S/C12H16ClF3N2/c1-11(2,3)4-5-17-10-7-8(12(14,15)16)6-9(13)18-10/h6-7H,4-5H2,1-3H3,(H,17,18). The van der Waals surface area contributed by atoms with Crippen LogP contribution in [-0.4, -0.2) is 11.5 Å². The third-order valence-corrected chi connectivity index (χ3v) is 2.50. The zero-order chi connectivity index (χ0) is 14.0. The third kappa shape index (κ3) is 5.12. The summed E-state index contributed by atoms with van der Waals surface area (Å²) < 4.78 is 37.6. The van der Waals surface area contributed by atoms with Gasteiger partial charge < -0.3 is 5.32 Å². The van der Waals surface area contributed by atoms with E-state index in [-0.39, 0.29) is 16.4 Å². The van der Waals surface area contributed by atoms with Gasteiger partial charge in [-0.3, -0.25) is 0 Å². The predicted octanol–water partition coefficient (Wildman–Crippen LogP) is 4.60. The van der Waals surface area contributed by atoms with Gasteiger partial charge in [-0.25, -0.2) is 4.98 Å². The summed E-state index contributed by atoms with van der Waals surface area (Å²) in [4.78, 5) is 3.82. The monoisotopic (exact) mass is 280 g/mol. The van der Waals surface area contributed by atoms with Crippen molar-refractivity contribution in [2.24, 2.45) is 5.41 Å². The van der Waals surface area contributed by atoms with E-state index in [1.807, 2.05) is 0 Å². The minimum atomic E-state index is -4.41. The second kappa shape index (κ2) is 5.34. The molecule has 0 aromatic carbocycles. The van der Waals surface area contributed by atoms with Gasteiger partial charge in [-0.2, -0.15) is 13.2 Å². The highest BCUT2D eigenvalue weighted by molar-refractivity contribution is 6.29. The van der Waals surface area contributed by atoms with Gasteiger partial charge in [-0.1, -0.05) is 32.4 Å². The molecule has 1 N–H and O–H groups in total. The van der Waals surface area contributed by atoms with E-state index in [0.29, 0.717) is 6.54 Å². The molecule has 1 rings (SSSR count). The minimum Gasteiger partial charge on any atom is -0.370 e. The molecule has 1 aromatic rings. The van der Waals surface area contributed by atoms with Gasteiger partial charge in [0.1, 0.15) is 11.0 Å². The highest BCUT2D eigenvalue weighted by Crippen LogP contribution is 2.32. The molecule has 0 saturated carbocycles. The van der Waals surface area contributed by atoms with Gasteiger partial charge in [-0.05, 0) is 24.0 Å². The lowest BCUT2D eigenvalue weighted by Gasteiger charge is -2.18. The number of aromatic nitrogens is 1. The average Bonchev–Trinajstić information content (AvgIpc) is 2.13. The van der Waals surface area contributed by atoms with E-state index in [4.69, 9.17) is 11.6 Å². The van der Waals surface area contributed by atoms with Crippen molar-refractivity contribution in [1.29, 1.82) is 0 Å². The summed E-state index contributed by atoms with van der Waals surface area (Å²) >= 11 is 5.57. The molecule has 0 bridgehead atoms. The van der Waals surface area contributed by atoms with E-state index < -0.39 is 11.7 Å². The van der Waals surface area contributed by atoms with Crippen LogP contribution in [0, 0.1) is 5.41 Å². The fourth-order valence-electron chi connectivity index (χ4n) is 1.32. The lowest BCUT2D eigenvalue weighted by atomic mass is 9.92. The van der Waals surface area contributed by atoms with Crippen LogP contribution >= 0.6 is 11.6 Å². The van der Waals surface area contributed by atoms with E-state index in [1.54, 1.807) is 0 Å². The molecule has 1 heterocycles. The molecule has 6 heteroatoms. The minimum absolute atomic E-state index is 0.110. The number of halogens is 4. The topological polar surface area (TPSA) is 24.9 Å². The Hall–Kier alpha value is -0.970. The number of hydrogen-bond donors (Lipinski definition) is 1. The molecular weight excluding hydrogens is 265 g/mol. The first kappa shape index (κ1) is 15.1. The Morgan fingerprint density at radius 3 is 2.33 bits per heavy atom. The summed E-state index contributed by atoms with van der Waals surface area (Å²) in [6, 6.07) is 1.78. The highest BCUT2D eigenvalue weighted by atomic mass is 35.5. The largest absolute Gasteiger partial charge is 0.416 e. The summed E-state index contributed by atoms with van der Waals surface area (Å²) in [5, 5.41) is 2.70. The first-order chi connectivity index (χ1) is 8.08. The predicted molar refractivity (Wildman–Crippen MR) is 66.8 cm³/mol. The molecule has 0 atom stereocenters. The number of alkyl halides is 3. The normalized spacial score (nSPS) is 12.6. The van der Waals surface area contributed by atoms with Crippen LogP contribution in [-0.2, 0) is 6.18 Å². The van der Waals surface area contributed by atoms with Crippen molar-refractivity contribution in [1.82, 2.24) is 4.98 Å². The molecule has 0 spiro atoms. The maximum absolute atomic E-state index is 12.5. The molecule has 18 heavy (non-hydrogen) atoms. The van der Waals surface area contributed by atoms with E-state index in [9.17, 15) is 13.2 Å². The van der Waals surface area contributed by atoms with Gasteiger partial charge >= 0.3 is 6.18 Å². The zero-order valence-electron chi connectivity index (χ0n) is 10.5. The number of nitrogens with one attached hydrogen (secondary N) is 1. The van der Waals surface area contributed by atoms with Gasteiger partial charge in [-0.15, -0.1) is 0 Å². The number of nitrogens with zero attached hydrogens (tertiary/aromatic N) is 1. The van der Waals surface area contributed by atoms with E-state index in [1.165, 1.54) is 0 Å². The Balaban J connectivity index is 2.75. The second-order valence-corrected chi connectivity index (χ2v) is 5.69. The number of hydrogen-bond acceptors (Lipinski definition) is 2. The number of pyridine rings is 1. The quantitative estimate of drug-likeness (QED) is 0.818. The molecule has 0 saturated heterocycles. The maximum atomic E-state index is 12.5. The molecule has 0 aliphatic rings. The fraction of sp³-hybridized carbons (Fsp3) is 0.583. The number of anilines is 1.